The number of rotatable bonds is 4. The number of hydrogen-bond donors (Lipinski definition) is 1. The summed E-state index contributed by atoms with van der Waals surface area (Å²) in [5, 5.41) is 10.0. The first-order valence-corrected chi connectivity index (χ1v) is 6.58. The molecule has 0 radical (unpaired) electrons. The summed E-state index contributed by atoms with van der Waals surface area (Å²) >= 11 is 0. The lowest BCUT2D eigenvalue weighted by Crippen LogP contribution is -2.03. The topological polar surface area (TPSA) is 59.7 Å². The molecule has 4 nitrogen and oxygen atoms in total. The first-order chi connectivity index (χ1) is 10.1. The van der Waals surface area contributed by atoms with Gasteiger partial charge in [-0.05, 0) is 25.1 Å². The van der Waals surface area contributed by atoms with Crippen molar-refractivity contribution in [3.8, 4) is 5.75 Å². The Morgan fingerprint density at radius 2 is 1.86 bits per heavy atom. The minimum Gasteiger partial charge on any atom is -0.489 e. The number of fused-ring (bicyclic) bond motifs is 1. The van der Waals surface area contributed by atoms with E-state index in [-0.39, 0.29) is 12.4 Å². The maximum absolute atomic E-state index is 11.3. The second-order valence-electron chi connectivity index (χ2n) is 4.81. The van der Waals surface area contributed by atoms with Crippen LogP contribution < -0.4 is 4.74 Å². The average molecular weight is 282 g/mol. The largest absolute Gasteiger partial charge is 0.489 e. The Morgan fingerprint density at radius 1 is 1.14 bits per heavy atom. The molecule has 0 spiro atoms. The van der Waals surface area contributed by atoms with Gasteiger partial charge in [0, 0.05) is 5.39 Å². The maximum Gasteiger partial charge on any atom is 0.372 e. The maximum atomic E-state index is 11.3. The van der Waals surface area contributed by atoms with Gasteiger partial charge in [0.05, 0.1) is 5.56 Å². The number of furan rings is 1. The normalized spacial score (nSPS) is 10.7. The van der Waals surface area contributed by atoms with Crippen molar-refractivity contribution >= 4 is 16.9 Å². The zero-order valence-electron chi connectivity index (χ0n) is 11.5. The fourth-order valence-corrected chi connectivity index (χ4v) is 2.20. The number of ether oxygens (including phenoxy) is 1. The van der Waals surface area contributed by atoms with Gasteiger partial charge in [-0.25, -0.2) is 4.79 Å². The van der Waals surface area contributed by atoms with Crippen LogP contribution in [0, 0.1) is 6.92 Å². The Labute approximate surface area is 121 Å². The fourth-order valence-electron chi connectivity index (χ4n) is 2.20. The predicted octanol–water partition coefficient (Wildman–Crippen LogP) is 4.02. The highest BCUT2D eigenvalue weighted by molar-refractivity contribution is 5.95. The van der Waals surface area contributed by atoms with Crippen molar-refractivity contribution in [2.45, 2.75) is 13.5 Å². The Balaban J connectivity index is 1.93. The van der Waals surface area contributed by atoms with Crippen LogP contribution in [0.4, 0.5) is 0 Å². The zero-order valence-corrected chi connectivity index (χ0v) is 11.5. The highest BCUT2D eigenvalue weighted by atomic mass is 16.5. The number of para-hydroxylation sites is 1. The van der Waals surface area contributed by atoms with E-state index in [0.717, 1.165) is 10.9 Å². The molecule has 21 heavy (non-hydrogen) atoms. The number of aryl methyl sites for hydroxylation is 1. The summed E-state index contributed by atoms with van der Waals surface area (Å²) in [4.78, 5) is 11.3. The smallest absolute Gasteiger partial charge is 0.372 e. The molecule has 0 aliphatic heterocycles. The molecule has 106 valence electrons. The van der Waals surface area contributed by atoms with Gasteiger partial charge >= 0.3 is 5.97 Å². The van der Waals surface area contributed by atoms with E-state index in [2.05, 4.69) is 0 Å². The van der Waals surface area contributed by atoms with E-state index in [1.807, 2.05) is 49.4 Å². The van der Waals surface area contributed by atoms with Crippen LogP contribution in [0.15, 0.2) is 52.9 Å². The van der Waals surface area contributed by atoms with Crippen LogP contribution in [0.25, 0.3) is 11.0 Å². The van der Waals surface area contributed by atoms with E-state index in [9.17, 15) is 9.90 Å². The monoisotopic (exact) mass is 282 g/mol. The van der Waals surface area contributed by atoms with Crippen molar-refractivity contribution in [2.24, 2.45) is 0 Å². The van der Waals surface area contributed by atoms with E-state index in [4.69, 9.17) is 9.15 Å². The van der Waals surface area contributed by atoms with E-state index >= 15 is 0 Å². The van der Waals surface area contributed by atoms with Gasteiger partial charge in [-0.2, -0.15) is 0 Å². The molecule has 3 rings (SSSR count). The van der Waals surface area contributed by atoms with Gasteiger partial charge in [-0.3, -0.25) is 0 Å². The number of carboxylic acids is 1. The highest BCUT2D eigenvalue weighted by Gasteiger charge is 2.20. The summed E-state index contributed by atoms with van der Waals surface area (Å²) < 4.78 is 11.1. The summed E-state index contributed by atoms with van der Waals surface area (Å²) in [5.41, 5.74) is 2.25. The third-order valence-electron chi connectivity index (χ3n) is 3.30. The molecular formula is C17H14O4. The quantitative estimate of drug-likeness (QED) is 0.785. The molecule has 0 fully saturated rings. The van der Waals surface area contributed by atoms with Gasteiger partial charge in [0.1, 0.15) is 17.9 Å². The van der Waals surface area contributed by atoms with Gasteiger partial charge in [0.2, 0.25) is 5.76 Å². The second-order valence-corrected chi connectivity index (χ2v) is 4.81. The Hall–Kier alpha value is -2.75. The van der Waals surface area contributed by atoms with Crippen LogP contribution in [-0.2, 0) is 6.61 Å². The lowest BCUT2D eigenvalue weighted by molar-refractivity contribution is 0.0661. The third kappa shape index (κ3) is 2.60. The molecule has 0 saturated carbocycles. The van der Waals surface area contributed by atoms with E-state index in [1.54, 1.807) is 6.07 Å². The van der Waals surface area contributed by atoms with Crippen LogP contribution in [0.2, 0.25) is 0 Å². The number of aromatic carboxylic acids is 1. The van der Waals surface area contributed by atoms with Gasteiger partial charge < -0.3 is 14.3 Å². The first-order valence-electron chi connectivity index (χ1n) is 6.58. The summed E-state index contributed by atoms with van der Waals surface area (Å²) in [5.74, 6) is -0.459. The second kappa shape index (κ2) is 5.32. The molecule has 1 N–H and O–H groups in total. The summed E-state index contributed by atoms with van der Waals surface area (Å²) in [6.07, 6.45) is 0. The molecule has 0 bridgehead atoms. The van der Waals surface area contributed by atoms with Crippen molar-refractivity contribution in [1.29, 1.82) is 0 Å². The average Bonchev–Trinajstić information content (AvgIpc) is 2.86. The molecule has 0 aliphatic carbocycles. The lowest BCUT2D eigenvalue weighted by atomic mass is 10.1. The minimum atomic E-state index is -1.09. The molecule has 4 heteroatoms. The lowest BCUT2D eigenvalue weighted by Gasteiger charge is -2.06. The molecule has 0 aliphatic rings. The van der Waals surface area contributed by atoms with Crippen LogP contribution in [-0.4, -0.2) is 11.1 Å². The molecule has 3 aromatic rings. The Morgan fingerprint density at radius 3 is 2.57 bits per heavy atom. The Bertz CT molecular complexity index is 784. The Kier molecular flexibility index (Phi) is 3.36. The number of benzene rings is 2. The van der Waals surface area contributed by atoms with Crippen LogP contribution in [0.5, 0.6) is 5.75 Å². The predicted molar refractivity (Wildman–Crippen MR) is 78.7 cm³/mol. The van der Waals surface area contributed by atoms with Crippen LogP contribution in [0.3, 0.4) is 0 Å². The first kappa shape index (κ1) is 13.2. The SMILES string of the molecule is Cc1ccc(OCc2c(C(=O)O)oc3ccccc23)cc1. The highest BCUT2D eigenvalue weighted by Crippen LogP contribution is 2.27. The zero-order chi connectivity index (χ0) is 14.8. The van der Waals surface area contributed by atoms with E-state index in [0.29, 0.717) is 16.9 Å². The summed E-state index contributed by atoms with van der Waals surface area (Å²) in [6.45, 7) is 2.15. The van der Waals surface area contributed by atoms with E-state index in [1.165, 1.54) is 0 Å². The van der Waals surface area contributed by atoms with Crippen LogP contribution >= 0.6 is 0 Å². The van der Waals surface area contributed by atoms with Crippen molar-refractivity contribution < 1.29 is 19.1 Å². The third-order valence-corrected chi connectivity index (χ3v) is 3.30. The summed E-state index contributed by atoms with van der Waals surface area (Å²) in [6, 6.07) is 14.8. The fraction of sp³-hybridized carbons (Fsp3) is 0.118. The standard InChI is InChI=1S/C17H14O4/c1-11-6-8-12(9-7-11)20-10-14-13-4-2-3-5-15(13)21-16(14)17(18)19/h2-9H,10H2,1H3,(H,18,19). The minimum absolute atomic E-state index is 0.0664. The number of carboxylic acid groups (broad SMARTS) is 1. The van der Waals surface area contributed by atoms with Crippen molar-refractivity contribution in [3.05, 3.63) is 65.4 Å². The van der Waals surface area contributed by atoms with Gasteiger partial charge in [-0.15, -0.1) is 0 Å². The van der Waals surface area contributed by atoms with Crippen molar-refractivity contribution in [3.63, 3.8) is 0 Å². The molecule has 2 aromatic carbocycles. The molecule has 0 unspecified atom stereocenters. The van der Waals surface area contributed by atoms with E-state index < -0.39 is 5.97 Å². The van der Waals surface area contributed by atoms with Gasteiger partial charge in [0.15, 0.2) is 0 Å². The molecular weight excluding hydrogens is 268 g/mol. The van der Waals surface area contributed by atoms with Crippen molar-refractivity contribution in [1.82, 2.24) is 0 Å². The summed E-state index contributed by atoms with van der Waals surface area (Å²) in [7, 11) is 0. The molecule has 1 aromatic heterocycles. The van der Waals surface area contributed by atoms with Crippen LogP contribution in [0.1, 0.15) is 21.7 Å². The molecule has 0 saturated heterocycles. The number of carbonyl (C=O) groups is 1. The van der Waals surface area contributed by atoms with Gasteiger partial charge in [0.25, 0.3) is 0 Å². The molecule has 0 amide bonds. The van der Waals surface area contributed by atoms with Crippen molar-refractivity contribution in [2.75, 3.05) is 0 Å². The molecule has 0 atom stereocenters. The number of hydrogen-bond acceptors (Lipinski definition) is 3. The molecule has 1 heterocycles. The van der Waals surface area contributed by atoms with Gasteiger partial charge in [-0.1, -0.05) is 35.9 Å².